The van der Waals surface area contributed by atoms with Crippen LogP contribution in [-0.2, 0) is 4.79 Å². The zero-order valence-corrected chi connectivity index (χ0v) is 16.3. The maximum absolute atomic E-state index is 12.8. The summed E-state index contributed by atoms with van der Waals surface area (Å²) in [5.41, 5.74) is 4.22. The van der Waals surface area contributed by atoms with Crippen LogP contribution in [0, 0.1) is 13.8 Å². The molecule has 0 saturated carbocycles. The number of nitrogens with zero attached hydrogens (tertiary/aromatic N) is 4. The second kappa shape index (κ2) is 8.68. The number of aryl methyl sites for hydroxylation is 2. The number of carbonyl (C=O) groups excluding carboxylic acids is 1. The molecule has 0 spiro atoms. The summed E-state index contributed by atoms with van der Waals surface area (Å²) in [5, 5.41) is 8.92. The van der Waals surface area contributed by atoms with Gasteiger partial charge in [-0.05, 0) is 37.6 Å². The van der Waals surface area contributed by atoms with Crippen molar-refractivity contribution in [3.05, 3.63) is 78.6 Å². The molecule has 2 aromatic carbocycles. The molecule has 0 atom stereocenters. The summed E-state index contributed by atoms with van der Waals surface area (Å²) in [4.78, 5) is 14.5. The highest BCUT2D eigenvalue weighted by atomic mass is 32.2. The minimum absolute atomic E-state index is 0.00118. The third-order valence-electron chi connectivity index (χ3n) is 4.13. The van der Waals surface area contributed by atoms with Crippen molar-refractivity contribution in [1.29, 1.82) is 0 Å². The summed E-state index contributed by atoms with van der Waals surface area (Å²) in [6, 6.07) is 15.8. The predicted octanol–water partition coefficient (Wildman–Crippen LogP) is 4.20. The fourth-order valence-corrected chi connectivity index (χ4v) is 3.65. The molecule has 0 aliphatic carbocycles. The molecule has 0 aliphatic rings. The molecule has 1 aromatic heterocycles. The largest absolute Gasteiger partial charge is 0.308 e. The number of hydrogen-bond acceptors (Lipinski definition) is 4. The van der Waals surface area contributed by atoms with E-state index in [0.29, 0.717) is 11.7 Å². The standard InChI is InChI=1S/C21H22N4OS/c1-4-12-24(18-8-6-5-7-9-18)20(26)14-27-21-23-22-15-25(21)19-11-10-16(2)13-17(19)3/h4-11,13,15H,1,12,14H2,2-3H3. The molecule has 27 heavy (non-hydrogen) atoms. The molecule has 138 valence electrons. The van der Waals surface area contributed by atoms with Gasteiger partial charge in [-0.3, -0.25) is 9.36 Å². The smallest absolute Gasteiger partial charge is 0.237 e. The van der Waals surface area contributed by atoms with E-state index < -0.39 is 0 Å². The number of benzene rings is 2. The maximum Gasteiger partial charge on any atom is 0.237 e. The lowest BCUT2D eigenvalue weighted by Gasteiger charge is -2.21. The van der Waals surface area contributed by atoms with E-state index in [-0.39, 0.29) is 11.7 Å². The van der Waals surface area contributed by atoms with Crippen molar-refractivity contribution in [2.75, 3.05) is 17.2 Å². The molecule has 5 nitrogen and oxygen atoms in total. The fraction of sp³-hybridized carbons (Fsp3) is 0.190. The molecule has 1 heterocycles. The van der Waals surface area contributed by atoms with Crippen LogP contribution in [0.15, 0.2) is 72.7 Å². The molecule has 0 aliphatic heterocycles. The predicted molar refractivity (Wildman–Crippen MR) is 111 cm³/mol. The first-order valence-electron chi connectivity index (χ1n) is 8.67. The normalized spacial score (nSPS) is 10.6. The summed E-state index contributed by atoms with van der Waals surface area (Å²) >= 11 is 1.38. The Morgan fingerprint density at radius 1 is 1.22 bits per heavy atom. The topological polar surface area (TPSA) is 51.0 Å². The number of amides is 1. The van der Waals surface area contributed by atoms with Gasteiger partial charge in [0, 0.05) is 12.2 Å². The third kappa shape index (κ3) is 4.46. The second-order valence-corrected chi connectivity index (χ2v) is 7.13. The first-order chi connectivity index (χ1) is 13.1. The van der Waals surface area contributed by atoms with Crippen LogP contribution in [0.3, 0.4) is 0 Å². The highest BCUT2D eigenvalue weighted by molar-refractivity contribution is 7.99. The number of carbonyl (C=O) groups is 1. The zero-order chi connectivity index (χ0) is 19.2. The summed E-state index contributed by atoms with van der Waals surface area (Å²) in [5.74, 6) is 0.271. The van der Waals surface area contributed by atoms with E-state index in [2.05, 4.69) is 42.8 Å². The van der Waals surface area contributed by atoms with Crippen molar-refractivity contribution in [2.45, 2.75) is 19.0 Å². The van der Waals surface area contributed by atoms with Gasteiger partial charge in [0.05, 0.1) is 11.4 Å². The van der Waals surface area contributed by atoms with Crippen molar-refractivity contribution in [1.82, 2.24) is 14.8 Å². The summed E-state index contributed by atoms with van der Waals surface area (Å²) in [7, 11) is 0. The molecular weight excluding hydrogens is 356 g/mol. The van der Waals surface area contributed by atoms with Crippen LogP contribution >= 0.6 is 11.8 Å². The molecule has 3 rings (SSSR count). The Balaban J connectivity index is 1.76. The number of thioether (sulfide) groups is 1. The monoisotopic (exact) mass is 378 g/mol. The minimum atomic E-state index is 0.00118. The molecule has 6 heteroatoms. The van der Waals surface area contributed by atoms with Gasteiger partial charge in [-0.25, -0.2) is 0 Å². The van der Waals surface area contributed by atoms with Crippen molar-refractivity contribution in [3.63, 3.8) is 0 Å². The van der Waals surface area contributed by atoms with E-state index in [9.17, 15) is 4.79 Å². The summed E-state index contributed by atoms with van der Waals surface area (Å²) in [6.45, 7) is 8.35. The molecule has 0 fully saturated rings. The lowest BCUT2D eigenvalue weighted by Crippen LogP contribution is -2.32. The van der Waals surface area contributed by atoms with Gasteiger partial charge in [0.15, 0.2) is 5.16 Å². The average molecular weight is 379 g/mol. The zero-order valence-electron chi connectivity index (χ0n) is 15.5. The van der Waals surface area contributed by atoms with Gasteiger partial charge in [-0.1, -0.05) is 53.7 Å². The Morgan fingerprint density at radius 2 is 2.00 bits per heavy atom. The number of rotatable bonds is 7. The van der Waals surface area contributed by atoms with Crippen molar-refractivity contribution in [3.8, 4) is 5.69 Å². The lowest BCUT2D eigenvalue weighted by atomic mass is 10.1. The van der Waals surface area contributed by atoms with E-state index in [1.54, 1.807) is 17.3 Å². The average Bonchev–Trinajstić information content (AvgIpc) is 3.13. The van der Waals surface area contributed by atoms with Crippen LogP contribution in [0.5, 0.6) is 0 Å². The Morgan fingerprint density at radius 3 is 2.70 bits per heavy atom. The molecular formula is C21H22N4OS. The second-order valence-electron chi connectivity index (χ2n) is 6.19. The van der Waals surface area contributed by atoms with Gasteiger partial charge in [0.1, 0.15) is 6.33 Å². The molecule has 0 unspecified atom stereocenters. The van der Waals surface area contributed by atoms with E-state index in [0.717, 1.165) is 16.9 Å². The first-order valence-corrected chi connectivity index (χ1v) is 9.65. The van der Waals surface area contributed by atoms with Gasteiger partial charge in [-0.15, -0.1) is 16.8 Å². The highest BCUT2D eigenvalue weighted by Crippen LogP contribution is 2.24. The van der Waals surface area contributed by atoms with Crippen LogP contribution in [-0.4, -0.2) is 33.0 Å². The van der Waals surface area contributed by atoms with E-state index in [1.165, 1.54) is 17.3 Å². The lowest BCUT2D eigenvalue weighted by molar-refractivity contribution is -0.116. The number of anilines is 1. The minimum Gasteiger partial charge on any atom is -0.308 e. The molecule has 3 aromatic rings. The quantitative estimate of drug-likeness (QED) is 0.457. The van der Waals surface area contributed by atoms with Crippen LogP contribution in [0.25, 0.3) is 5.69 Å². The molecule has 0 radical (unpaired) electrons. The van der Waals surface area contributed by atoms with Crippen LogP contribution in [0.4, 0.5) is 5.69 Å². The Hall–Kier alpha value is -2.86. The van der Waals surface area contributed by atoms with Gasteiger partial charge >= 0.3 is 0 Å². The van der Waals surface area contributed by atoms with Crippen molar-refractivity contribution < 1.29 is 4.79 Å². The number of para-hydroxylation sites is 1. The van der Waals surface area contributed by atoms with Crippen LogP contribution in [0.2, 0.25) is 0 Å². The van der Waals surface area contributed by atoms with Gasteiger partial charge in [0.2, 0.25) is 5.91 Å². The Bertz CT molecular complexity index is 936. The van der Waals surface area contributed by atoms with Crippen LogP contribution < -0.4 is 4.90 Å². The van der Waals surface area contributed by atoms with Crippen LogP contribution in [0.1, 0.15) is 11.1 Å². The van der Waals surface area contributed by atoms with E-state index >= 15 is 0 Å². The molecule has 1 amide bonds. The van der Waals surface area contributed by atoms with Gasteiger partial charge < -0.3 is 4.90 Å². The SMILES string of the molecule is C=CCN(C(=O)CSc1nncn1-c1ccc(C)cc1C)c1ccccc1. The van der Waals surface area contributed by atoms with E-state index in [1.807, 2.05) is 41.0 Å². The molecule has 0 N–H and O–H groups in total. The molecule has 0 saturated heterocycles. The Labute approximate surface area is 163 Å². The summed E-state index contributed by atoms with van der Waals surface area (Å²) in [6.07, 6.45) is 3.41. The third-order valence-corrected chi connectivity index (χ3v) is 5.06. The van der Waals surface area contributed by atoms with E-state index in [4.69, 9.17) is 0 Å². The highest BCUT2D eigenvalue weighted by Gasteiger charge is 2.17. The maximum atomic E-state index is 12.8. The van der Waals surface area contributed by atoms with Crippen molar-refractivity contribution in [2.24, 2.45) is 0 Å². The van der Waals surface area contributed by atoms with Gasteiger partial charge in [-0.2, -0.15) is 0 Å². The summed E-state index contributed by atoms with van der Waals surface area (Å²) < 4.78 is 1.92. The van der Waals surface area contributed by atoms with Crippen molar-refractivity contribution >= 4 is 23.4 Å². The number of hydrogen-bond donors (Lipinski definition) is 0. The first kappa shape index (κ1) is 18.9. The Kier molecular flexibility index (Phi) is 6.08. The fourth-order valence-electron chi connectivity index (χ4n) is 2.86. The van der Waals surface area contributed by atoms with Gasteiger partial charge in [0.25, 0.3) is 0 Å². The molecule has 0 bridgehead atoms. The number of aromatic nitrogens is 3.